The van der Waals surface area contributed by atoms with Crippen molar-refractivity contribution in [2.24, 2.45) is 5.16 Å². The lowest BCUT2D eigenvalue weighted by molar-refractivity contribution is -0.144. The van der Waals surface area contributed by atoms with Crippen LogP contribution in [0.25, 0.3) is 0 Å². The van der Waals surface area contributed by atoms with Crippen LogP contribution in [0, 0.1) is 0 Å². The minimum absolute atomic E-state index is 0.0593. The summed E-state index contributed by atoms with van der Waals surface area (Å²) < 4.78 is 31.8. The zero-order chi connectivity index (χ0) is 21.8. The van der Waals surface area contributed by atoms with E-state index in [1.165, 1.54) is 5.38 Å². The largest absolute Gasteiger partial charge is 0.479 e. The predicted molar refractivity (Wildman–Crippen MR) is 94.8 cm³/mol. The number of hydrogen-bond donors (Lipinski definition) is 5. The van der Waals surface area contributed by atoms with Crippen molar-refractivity contribution in [2.75, 3.05) is 18.9 Å². The molecule has 15 nitrogen and oxygen atoms in total. The number of aliphatic carboxylic acids is 1. The van der Waals surface area contributed by atoms with Crippen LogP contribution in [-0.2, 0) is 34.3 Å². The SMILES string of the molecule is Nc1nc(/C(=N/OCC(=O)O)C(=O)NC2C(=O)N(S(=O)(=O)O)C2CNC=O)cs1. The molecule has 158 valence electrons. The minimum atomic E-state index is -4.93. The van der Waals surface area contributed by atoms with E-state index < -0.39 is 59.0 Å². The fraction of sp³-hybridized carbons (Fsp3) is 0.333. The van der Waals surface area contributed by atoms with Gasteiger partial charge in [-0.2, -0.15) is 8.42 Å². The van der Waals surface area contributed by atoms with Gasteiger partial charge in [-0.3, -0.25) is 18.9 Å². The first-order chi connectivity index (χ1) is 13.6. The number of nitrogens with zero attached hydrogens (tertiary/aromatic N) is 3. The third-order valence-corrected chi connectivity index (χ3v) is 5.06. The highest BCUT2D eigenvalue weighted by molar-refractivity contribution is 7.84. The van der Waals surface area contributed by atoms with E-state index >= 15 is 0 Å². The van der Waals surface area contributed by atoms with Crippen LogP contribution in [-0.4, -0.2) is 82.5 Å². The number of amides is 3. The molecule has 0 radical (unpaired) electrons. The van der Waals surface area contributed by atoms with Gasteiger partial charge in [-0.15, -0.1) is 11.3 Å². The molecular formula is C12H14N6O9S2. The molecule has 1 saturated heterocycles. The predicted octanol–water partition coefficient (Wildman–Crippen LogP) is -3.22. The van der Waals surface area contributed by atoms with Crippen LogP contribution in [0.3, 0.4) is 0 Å². The lowest BCUT2D eigenvalue weighted by Crippen LogP contribution is -2.74. The molecule has 1 fully saturated rings. The van der Waals surface area contributed by atoms with Crippen molar-refractivity contribution in [3.05, 3.63) is 11.1 Å². The van der Waals surface area contributed by atoms with Crippen molar-refractivity contribution in [2.45, 2.75) is 12.1 Å². The molecule has 1 aromatic heterocycles. The average molecular weight is 450 g/mol. The highest BCUT2D eigenvalue weighted by Crippen LogP contribution is 2.23. The van der Waals surface area contributed by atoms with Gasteiger partial charge in [-0.1, -0.05) is 5.16 Å². The Bertz CT molecular complexity index is 959. The number of thiazole rings is 1. The molecule has 17 heteroatoms. The molecule has 0 saturated carbocycles. The van der Waals surface area contributed by atoms with E-state index in [4.69, 9.17) is 15.4 Å². The number of carboxylic acid groups (broad SMARTS) is 1. The van der Waals surface area contributed by atoms with E-state index in [0.29, 0.717) is 0 Å². The van der Waals surface area contributed by atoms with Crippen LogP contribution in [0.15, 0.2) is 10.5 Å². The first-order valence-electron chi connectivity index (χ1n) is 7.48. The van der Waals surface area contributed by atoms with Crippen LogP contribution in [0.4, 0.5) is 5.13 Å². The monoisotopic (exact) mass is 450 g/mol. The summed E-state index contributed by atoms with van der Waals surface area (Å²) in [5.41, 5.74) is 4.87. The number of nitrogen functional groups attached to an aromatic ring is 1. The van der Waals surface area contributed by atoms with Crippen LogP contribution >= 0.6 is 11.3 Å². The molecule has 0 aliphatic carbocycles. The van der Waals surface area contributed by atoms with Crippen molar-refractivity contribution in [3.8, 4) is 0 Å². The second-order valence-electron chi connectivity index (χ2n) is 5.33. The fourth-order valence-electron chi connectivity index (χ4n) is 2.29. The first-order valence-corrected chi connectivity index (χ1v) is 9.75. The Kier molecular flexibility index (Phi) is 6.67. The molecule has 2 rings (SSSR count). The topological polar surface area (TPSA) is 231 Å². The number of nitrogens with one attached hydrogen (secondary N) is 2. The molecule has 1 aliphatic heterocycles. The van der Waals surface area contributed by atoms with Crippen molar-refractivity contribution in [1.82, 2.24) is 19.9 Å². The number of hydrogen-bond acceptors (Lipinski definition) is 11. The number of carbonyl (C=O) groups excluding carboxylic acids is 3. The van der Waals surface area contributed by atoms with Gasteiger partial charge in [0.05, 0.1) is 6.04 Å². The maximum Gasteiger partial charge on any atom is 0.362 e. The van der Waals surface area contributed by atoms with Gasteiger partial charge in [0.25, 0.3) is 11.8 Å². The van der Waals surface area contributed by atoms with Gasteiger partial charge in [0.1, 0.15) is 11.7 Å². The van der Waals surface area contributed by atoms with Crippen LogP contribution in [0.5, 0.6) is 0 Å². The summed E-state index contributed by atoms with van der Waals surface area (Å²) in [6.07, 6.45) is 0.231. The van der Waals surface area contributed by atoms with E-state index in [2.05, 4.69) is 25.6 Å². The number of carboxylic acids is 1. The number of nitrogens with two attached hydrogens (primary N) is 1. The second kappa shape index (κ2) is 8.80. The Morgan fingerprint density at radius 3 is 2.69 bits per heavy atom. The van der Waals surface area contributed by atoms with E-state index in [9.17, 15) is 27.6 Å². The number of rotatable bonds is 10. The molecular weight excluding hydrogens is 436 g/mol. The number of anilines is 1. The molecule has 2 unspecified atom stereocenters. The molecule has 0 aromatic carbocycles. The van der Waals surface area contributed by atoms with E-state index in [0.717, 1.165) is 11.3 Å². The highest BCUT2D eigenvalue weighted by Gasteiger charge is 2.54. The Labute approximate surface area is 166 Å². The van der Waals surface area contributed by atoms with Crippen LogP contribution in [0.2, 0.25) is 0 Å². The number of oxime groups is 1. The quantitative estimate of drug-likeness (QED) is 0.0782. The average Bonchev–Trinajstić information content (AvgIpc) is 3.04. The Morgan fingerprint density at radius 2 is 2.17 bits per heavy atom. The molecule has 2 atom stereocenters. The summed E-state index contributed by atoms with van der Waals surface area (Å²) in [6, 6.07) is -2.76. The summed E-state index contributed by atoms with van der Waals surface area (Å²) in [5, 5.41) is 17.7. The summed E-state index contributed by atoms with van der Waals surface area (Å²) in [7, 11) is -4.93. The zero-order valence-corrected chi connectivity index (χ0v) is 15.8. The fourth-order valence-corrected chi connectivity index (χ4v) is 3.72. The van der Waals surface area contributed by atoms with E-state index in [1.807, 2.05) is 0 Å². The Morgan fingerprint density at radius 1 is 1.48 bits per heavy atom. The van der Waals surface area contributed by atoms with Gasteiger partial charge in [-0.25, -0.2) is 14.1 Å². The molecule has 1 aliphatic rings. The molecule has 1 aromatic rings. The van der Waals surface area contributed by atoms with E-state index in [1.54, 1.807) is 0 Å². The normalized spacial score (nSPS) is 19.3. The van der Waals surface area contributed by atoms with E-state index in [-0.39, 0.29) is 21.5 Å². The molecule has 3 amide bonds. The van der Waals surface area contributed by atoms with Gasteiger partial charge in [0.15, 0.2) is 10.8 Å². The minimum Gasteiger partial charge on any atom is -0.479 e. The summed E-state index contributed by atoms with van der Waals surface area (Å²) in [6.45, 7) is -1.27. The van der Waals surface area contributed by atoms with Gasteiger partial charge in [0.2, 0.25) is 13.0 Å². The second-order valence-corrected chi connectivity index (χ2v) is 7.51. The van der Waals surface area contributed by atoms with Crippen molar-refractivity contribution < 1.29 is 42.1 Å². The smallest absolute Gasteiger partial charge is 0.362 e. The zero-order valence-electron chi connectivity index (χ0n) is 14.2. The molecule has 0 bridgehead atoms. The standard InChI is InChI=1S/C12H14N6O9S2/c13-12-15-5(3-28-12)8(17-27-2-7(20)21)10(22)16-9-6(1-14-4-19)18(11(9)23)29(24,25)26/h3-4,6,9H,1-2H2,(H2,13,15)(H,14,19)(H,16,22)(H,20,21)(H,24,25,26)/b17-8-. The maximum absolute atomic E-state index is 12.5. The number of carbonyl (C=O) groups is 4. The lowest BCUT2D eigenvalue weighted by Gasteiger charge is -2.43. The molecule has 29 heavy (non-hydrogen) atoms. The van der Waals surface area contributed by atoms with Gasteiger partial charge < -0.3 is 26.3 Å². The molecule has 6 N–H and O–H groups in total. The first kappa shape index (κ1) is 22.0. The third kappa shape index (κ3) is 5.15. The number of β-lactam (4-membered cyclic amide) rings is 1. The third-order valence-electron chi connectivity index (χ3n) is 3.44. The summed E-state index contributed by atoms with van der Waals surface area (Å²) in [4.78, 5) is 53.9. The van der Waals surface area contributed by atoms with Gasteiger partial charge in [0, 0.05) is 11.9 Å². The molecule has 2 heterocycles. The van der Waals surface area contributed by atoms with Crippen molar-refractivity contribution >= 4 is 56.7 Å². The Balaban J connectivity index is 2.23. The van der Waals surface area contributed by atoms with Crippen molar-refractivity contribution in [3.63, 3.8) is 0 Å². The summed E-state index contributed by atoms with van der Waals surface area (Å²) in [5.74, 6) is -3.60. The van der Waals surface area contributed by atoms with Crippen LogP contribution in [0.1, 0.15) is 5.69 Å². The van der Waals surface area contributed by atoms with Gasteiger partial charge in [-0.05, 0) is 0 Å². The van der Waals surface area contributed by atoms with Gasteiger partial charge >= 0.3 is 16.3 Å². The Hall–Kier alpha value is -3.31. The molecule has 0 spiro atoms. The highest BCUT2D eigenvalue weighted by atomic mass is 32.2. The van der Waals surface area contributed by atoms with Crippen molar-refractivity contribution in [1.29, 1.82) is 0 Å². The maximum atomic E-state index is 12.5. The lowest BCUT2D eigenvalue weighted by atomic mass is 9.98. The van der Waals surface area contributed by atoms with Crippen LogP contribution < -0.4 is 16.4 Å². The number of aromatic nitrogens is 1. The summed E-state index contributed by atoms with van der Waals surface area (Å²) >= 11 is 0.942.